The van der Waals surface area contributed by atoms with Gasteiger partial charge in [0.05, 0.1) is 29.0 Å². The normalized spacial score (nSPS) is 15.4. The fraction of sp³-hybridized carbons (Fsp3) is 0.233. The van der Waals surface area contributed by atoms with Crippen molar-refractivity contribution >= 4 is 40.4 Å². The van der Waals surface area contributed by atoms with Gasteiger partial charge in [0.25, 0.3) is 5.56 Å². The van der Waals surface area contributed by atoms with Crippen molar-refractivity contribution in [3.05, 3.63) is 113 Å². The minimum Gasteiger partial charge on any atom is -0.493 e. The number of carbonyl (C=O) groups excluding carboxylic acids is 1. The lowest BCUT2D eigenvalue weighted by Crippen LogP contribution is -2.39. The Kier molecular flexibility index (Phi) is 7.72. The van der Waals surface area contributed by atoms with Crippen LogP contribution < -0.4 is 19.6 Å². The van der Waals surface area contributed by atoms with E-state index in [1.54, 1.807) is 11.5 Å². The average molecular weight is 545 g/mol. The molecule has 1 aliphatic heterocycles. The molecule has 4 aromatic rings. The number of carbonyl (C=O) groups is 1. The maximum Gasteiger partial charge on any atom is 0.338 e. The van der Waals surface area contributed by atoms with Gasteiger partial charge in [0.15, 0.2) is 4.80 Å². The van der Waals surface area contributed by atoms with Gasteiger partial charge in [-0.3, -0.25) is 9.36 Å². The molecule has 38 heavy (non-hydrogen) atoms. The molecule has 2 aromatic carbocycles. The van der Waals surface area contributed by atoms with Crippen molar-refractivity contribution in [1.82, 2.24) is 4.57 Å². The maximum atomic E-state index is 13.8. The molecule has 0 fully saturated rings. The summed E-state index contributed by atoms with van der Waals surface area (Å²) in [7, 11) is 0. The monoisotopic (exact) mass is 544 g/mol. The van der Waals surface area contributed by atoms with Crippen molar-refractivity contribution in [2.24, 2.45) is 10.9 Å². The maximum absolute atomic E-state index is 13.8. The van der Waals surface area contributed by atoms with Crippen LogP contribution in [0.4, 0.5) is 0 Å². The molecule has 0 saturated carbocycles. The van der Waals surface area contributed by atoms with Gasteiger partial charge in [-0.2, -0.15) is 0 Å². The highest BCUT2D eigenvalue weighted by Crippen LogP contribution is 2.36. The summed E-state index contributed by atoms with van der Waals surface area (Å²) in [6, 6.07) is 20.5. The third kappa shape index (κ3) is 5.28. The lowest BCUT2D eigenvalue weighted by Gasteiger charge is -2.24. The predicted molar refractivity (Wildman–Crippen MR) is 152 cm³/mol. The summed E-state index contributed by atoms with van der Waals surface area (Å²) in [6.07, 6.45) is 1.86. The number of thiazole rings is 1. The number of thiophene rings is 1. The van der Waals surface area contributed by atoms with Gasteiger partial charge in [0.1, 0.15) is 11.8 Å². The molecule has 2 aromatic heterocycles. The standard InChI is InChI=1S/C30H28N2O4S2/c1-4-35-29(34)25-26(21-9-6-5-7-10-21)31-30-32(27(25)23-11-8-16-37-23)28(33)24(38-30)17-20-12-14-22(15-13-20)36-18-19(2)3/h5-17,19,27H,4,18H2,1-3H3/b24-17+/t27-/m0/s1. The molecule has 0 saturated heterocycles. The van der Waals surface area contributed by atoms with Gasteiger partial charge >= 0.3 is 5.97 Å². The number of nitrogens with zero attached hydrogens (tertiary/aromatic N) is 2. The second kappa shape index (κ2) is 11.3. The third-order valence-electron chi connectivity index (χ3n) is 5.95. The summed E-state index contributed by atoms with van der Waals surface area (Å²) in [5, 5.41) is 1.94. The molecule has 0 unspecified atom stereocenters. The van der Waals surface area contributed by atoms with Crippen LogP contribution in [0.1, 0.15) is 42.8 Å². The third-order valence-corrected chi connectivity index (χ3v) is 7.86. The fourth-order valence-electron chi connectivity index (χ4n) is 4.23. The van der Waals surface area contributed by atoms with Crippen molar-refractivity contribution in [3.8, 4) is 5.75 Å². The van der Waals surface area contributed by atoms with Crippen molar-refractivity contribution in [3.63, 3.8) is 0 Å². The number of benzene rings is 2. The number of rotatable bonds is 8. The van der Waals surface area contributed by atoms with Gasteiger partial charge in [-0.15, -0.1) is 11.3 Å². The first-order valence-electron chi connectivity index (χ1n) is 12.5. The van der Waals surface area contributed by atoms with Crippen molar-refractivity contribution in [1.29, 1.82) is 0 Å². The van der Waals surface area contributed by atoms with Crippen LogP contribution in [0.15, 0.2) is 87.5 Å². The Morgan fingerprint density at radius 2 is 1.84 bits per heavy atom. The van der Waals surface area contributed by atoms with E-state index in [-0.39, 0.29) is 12.2 Å². The fourth-order valence-corrected chi connectivity index (χ4v) is 6.06. The van der Waals surface area contributed by atoms with Crippen LogP contribution in [0.3, 0.4) is 0 Å². The van der Waals surface area contributed by atoms with E-state index in [0.717, 1.165) is 21.8 Å². The molecular formula is C30H28N2O4S2. The number of hydrogen-bond donors (Lipinski definition) is 0. The first-order valence-corrected chi connectivity index (χ1v) is 14.2. The van der Waals surface area contributed by atoms with E-state index in [1.165, 1.54) is 22.7 Å². The first-order chi connectivity index (χ1) is 18.5. The van der Waals surface area contributed by atoms with E-state index < -0.39 is 12.0 Å². The minimum absolute atomic E-state index is 0.193. The van der Waals surface area contributed by atoms with Gasteiger partial charge in [-0.1, -0.05) is 73.7 Å². The van der Waals surface area contributed by atoms with Crippen LogP contribution in [-0.2, 0) is 9.53 Å². The first kappa shape index (κ1) is 25.9. The molecular weight excluding hydrogens is 516 g/mol. The Labute approximate surface area is 228 Å². The Hall–Kier alpha value is -3.75. The van der Waals surface area contributed by atoms with Crippen LogP contribution in [0.5, 0.6) is 5.75 Å². The Morgan fingerprint density at radius 3 is 2.50 bits per heavy atom. The zero-order chi connectivity index (χ0) is 26.6. The van der Waals surface area contributed by atoms with Crippen molar-refractivity contribution in [2.45, 2.75) is 26.8 Å². The largest absolute Gasteiger partial charge is 0.493 e. The van der Waals surface area contributed by atoms with E-state index in [9.17, 15) is 9.59 Å². The summed E-state index contributed by atoms with van der Waals surface area (Å²) in [5.74, 6) is 0.758. The van der Waals surface area contributed by atoms with Crippen LogP contribution >= 0.6 is 22.7 Å². The molecule has 6 nitrogen and oxygen atoms in total. The Bertz CT molecular complexity index is 1630. The van der Waals surface area contributed by atoms with E-state index >= 15 is 0 Å². The molecule has 0 radical (unpaired) electrons. The molecule has 1 aliphatic rings. The number of fused-ring (bicyclic) bond motifs is 1. The second-order valence-electron chi connectivity index (χ2n) is 9.22. The SMILES string of the molecule is CCOC(=O)C1=C(c2ccccc2)N=c2s/c(=C/c3ccc(OCC(C)C)cc3)c(=O)n2[C@H]1c1cccs1. The molecule has 0 amide bonds. The zero-order valence-electron chi connectivity index (χ0n) is 21.4. The quantitative estimate of drug-likeness (QED) is 0.292. The minimum atomic E-state index is -0.630. The van der Waals surface area contributed by atoms with Gasteiger partial charge in [-0.25, -0.2) is 9.79 Å². The van der Waals surface area contributed by atoms with Crippen LogP contribution in [0.25, 0.3) is 11.8 Å². The highest BCUT2D eigenvalue weighted by molar-refractivity contribution is 7.10. The topological polar surface area (TPSA) is 69.9 Å². The highest BCUT2D eigenvalue weighted by Gasteiger charge is 2.35. The lowest BCUT2D eigenvalue weighted by atomic mass is 9.97. The van der Waals surface area contributed by atoms with Crippen molar-refractivity contribution < 1.29 is 14.3 Å². The molecule has 8 heteroatoms. The molecule has 1 atom stereocenters. The van der Waals surface area contributed by atoms with Crippen LogP contribution in [0, 0.1) is 5.92 Å². The number of ether oxygens (including phenoxy) is 2. The van der Waals surface area contributed by atoms with E-state index in [2.05, 4.69) is 13.8 Å². The van der Waals surface area contributed by atoms with Gasteiger partial charge in [0.2, 0.25) is 0 Å². The molecule has 3 heterocycles. The van der Waals surface area contributed by atoms with E-state index in [4.69, 9.17) is 14.5 Å². The van der Waals surface area contributed by atoms with Gasteiger partial charge < -0.3 is 9.47 Å². The summed E-state index contributed by atoms with van der Waals surface area (Å²) < 4.78 is 13.4. The average Bonchev–Trinajstić information content (AvgIpc) is 3.56. The van der Waals surface area contributed by atoms with Crippen molar-refractivity contribution in [2.75, 3.05) is 13.2 Å². The van der Waals surface area contributed by atoms with Gasteiger partial charge in [-0.05, 0) is 48.1 Å². The van der Waals surface area contributed by atoms with E-state index in [1.807, 2.05) is 78.2 Å². The number of hydrogen-bond acceptors (Lipinski definition) is 7. The number of esters is 1. The Morgan fingerprint density at radius 1 is 1.08 bits per heavy atom. The summed E-state index contributed by atoms with van der Waals surface area (Å²) >= 11 is 2.81. The molecule has 0 aliphatic carbocycles. The predicted octanol–water partition coefficient (Wildman–Crippen LogP) is 5.03. The summed E-state index contributed by atoms with van der Waals surface area (Å²) in [6.45, 7) is 6.85. The van der Waals surface area contributed by atoms with Crippen LogP contribution in [-0.4, -0.2) is 23.8 Å². The van der Waals surface area contributed by atoms with E-state index in [0.29, 0.717) is 33.1 Å². The lowest BCUT2D eigenvalue weighted by molar-refractivity contribution is -0.138. The van der Waals surface area contributed by atoms with Crippen LogP contribution in [0.2, 0.25) is 0 Å². The second-order valence-corrected chi connectivity index (χ2v) is 11.2. The molecule has 0 spiro atoms. The summed E-state index contributed by atoms with van der Waals surface area (Å²) in [4.78, 5) is 33.5. The highest BCUT2D eigenvalue weighted by atomic mass is 32.1. The molecule has 194 valence electrons. The Balaban J connectivity index is 1.67. The smallest absolute Gasteiger partial charge is 0.338 e. The molecule has 0 bridgehead atoms. The number of aromatic nitrogens is 1. The summed E-state index contributed by atoms with van der Waals surface area (Å²) in [5.41, 5.74) is 2.38. The zero-order valence-corrected chi connectivity index (χ0v) is 23.1. The molecule has 0 N–H and O–H groups in total. The van der Waals surface area contributed by atoms with Gasteiger partial charge in [0, 0.05) is 10.4 Å². The molecule has 5 rings (SSSR count).